The van der Waals surface area contributed by atoms with Gasteiger partial charge in [0.2, 0.25) is 0 Å². The van der Waals surface area contributed by atoms with Crippen molar-refractivity contribution in [2.75, 3.05) is 0 Å². The Morgan fingerprint density at radius 2 is 2.08 bits per heavy atom. The van der Waals surface area contributed by atoms with E-state index in [-0.39, 0.29) is 35.1 Å². The van der Waals surface area contributed by atoms with Gasteiger partial charge in [-0.15, -0.1) is 0 Å². The minimum absolute atomic E-state index is 0. The van der Waals surface area contributed by atoms with Gasteiger partial charge in [-0.25, -0.2) is 0 Å². The van der Waals surface area contributed by atoms with Gasteiger partial charge >= 0.3 is 29.6 Å². The molecule has 0 saturated carbocycles. The number of rotatable bonds is 2. The van der Waals surface area contributed by atoms with Gasteiger partial charge in [-0.1, -0.05) is 6.07 Å². The maximum atomic E-state index is 10.5. The van der Waals surface area contributed by atoms with E-state index in [2.05, 4.69) is 0 Å². The molecule has 0 unspecified atom stereocenters. The van der Waals surface area contributed by atoms with Gasteiger partial charge in [0.25, 0.3) is 0 Å². The minimum atomic E-state index is -1.22. The molecule has 0 amide bonds. The van der Waals surface area contributed by atoms with Crippen molar-refractivity contribution in [2.45, 2.75) is 0 Å². The molecule has 13 heavy (non-hydrogen) atoms. The van der Waals surface area contributed by atoms with Crippen LogP contribution in [0, 0.1) is 3.57 Å². The van der Waals surface area contributed by atoms with Crippen LogP contribution in [0.15, 0.2) is 18.2 Å². The van der Waals surface area contributed by atoms with E-state index < -0.39 is 5.97 Å². The summed E-state index contributed by atoms with van der Waals surface area (Å²) in [5.41, 5.74) is 0.0799. The molecule has 0 bridgehead atoms. The maximum Gasteiger partial charge on any atom is 1.00 e. The Balaban J connectivity index is 0.00000144. The number of aromatic carboxylic acids is 1. The van der Waals surface area contributed by atoms with E-state index in [4.69, 9.17) is 3.07 Å². The molecule has 3 nitrogen and oxygen atoms in total. The van der Waals surface area contributed by atoms with Crippen LogP contribution in [0.2, 0.25) is 0 Å². The zero-order chi connectivity index (χ0) is 9.14. The second-order valence-electron chi connectivity index (χ2n) is 1.98. The molecule has 0 spiro atoms. The van der Waals surface area contributed by atoms with Crippen molar-refractivity contribution in [1.29, 1.82) is 0 Å². The van der Waals surface area contributed by atoms with Crippen LogP contribution in [0.25, 0.3) is 0 Å². The molecule has 0 aromatic heterocycles. The Bertz CT molecular complexity index is 317. The number of benzene rings is 1. The van der Waals surface area contributed by atoms with E-state index in [0.717, 1.165) is 3.57 Å². The van der Waals surface area contributed by atoms with Crippen molar-refractivity contribution in [3.8, 4) is 5.75 Å². The first-order valence-corrected chi connectivity index (χ1v) is 4.91. The van der Waals surface area contributed by atoms with Crippen LogP contribution in [0.1, 0.15) is 10.4 Å². The van der Waals surface area contributed by atoms with E-state index >= 15 is 0 Å². The predicted octanol–water partition coefficient (Wildman–Crippen LogP) is -1.61. The van der Waals surface area contributed by atoms with Gasteiger partial charge in [-0.3, -0.25) is 0 Å². The van der Waals surface area contributed by atoms with Crippen LogP contribution < -0.4 is 37.7 Å². The smallest absolute Gasteiger partial charge is 0.545 e. The number of halogens is 2. The van der Waals surface area contributed by atoms with Crippen LogP contribution in [-0.4, -0.2) is 5.97 Å². The fraction of sp³-hybridized carbons (Fsp3) is 0. The first-order valence-electron chi connectivity index (χ1n) is 2.95. The Morgan fingerprint density at radius 3 is 2.46 bits per heavy atom. The number of carbonyl (C=O) groups excluding carboxylic acids is 1. The molecule has 1 rings (SSSR count). The number of hydrogen-bond donors (Lipinski definition) is 0. The van der Waals surface area contributed by atoms with Gasteiger partial charge in [-0.05, 0) is 34.7 Å². The number of carboxylic acid groups (broad SMARTS) is 1. The van der Waals surface area contributed by atoms with Gasteiger partial charge in [0.15, 0.2) is 28.8 Å². The molecule has 1 aromatic carbocycles. The molecule has 0 aliphatic heterocycles. The van der Waals surface area contributed by atoms with Gasteiger partial charge in [0.1, 0.15) is 0 Å². The standard InChI is InChI=1S/C7H4I2O3.Na/c8-5-3-1-2-4(7(10)11)6(5)12-9;/h1-3H,(H,10,11);/q;+1/p-1. The topological polar surface area (TPSA) is 49.4 Å². The number of para-hydroxylation sites is 1. The fourth-order valence-electron chi connectivity index (χ4n) is 0.748. The monoisotopic (exact) mass is 412 g/mol. The van der Waals surface area contributed by atoms with Crippen molar-refractivity contribution in [3.63, 3.8) is 0 Å². The third kappa shape index (κ3) is 3.54. The molecule has 0 N–H and O–H groups in total. The second-order valence-corrected chi connectivity index (χ2v) is 3.58. The van der Waals surface area contributed by atoms with E-state index in [1.54, 1.807) is 35.1 Å². The summed E-state index contributed by atoms with van der Waals surface area (Å²) in [5.74, 6) is -0.876. The molecule has 6 heteroatoms. The van der Waals surface area contributed by atoms with Gasteiger partial charge in [-0.2, -0.15) is 0 Å². The van der Waals surface area contributed by atoms with Gasteiger partial charge in [0, 0.05) is 5.56 Å². The zero-order valence-corrected chi connectivity index (χ0v) is 13.0. The number of carboxylic acids is 1. The number of hydrogen-bond acceptors (Lipinski definition) is 3. The third-order valence-electron chi connectivity index (χ3n) is 1.26. The average molecular weight is 412 g/mol. The van der Waals surface area contributed by atoms with Crippen LogP contribution in [0.4, 0.5) is 0 Å². The molecular weight excluding hydrogens is 409 g/mol. The third-order valence-corrected chi connectivity index (χ3v) is 2.55. The van der Waals surface area contributed by atoms with Crippen LogP contribution in [0.5, 0.6) is 5.75 Å². The molecule has 0 radical (unpaired) electrons. The summed E-state index contributed by atoms with van der Waals surface area (Å²) in [7, 11) is 0. The molecular formula is C7H3I2NaO3. The SMILES string of the molecule is O=C([O-])c1cccc(I)c1OI.[Na+]. The van der Waals surface area contributed by atoms with Crippen LogP contribution in [0.3, 0.4) is 0 Å². The maximum absolute atomic E-state index is 10.5. The van der Waals surface area contributed by atoms with Crippen molar-refractivity contribution in [3.05, 3.63) is 27.3 Å². The second kappa shape index (κ2) is 6.44. The average Bonchev–Trinajstić information content (AvgIpc) is 2.03. The normalized spacial score (nSPS) is 8.77. The molecule has 0 fully saturated rings. The van der Waals surface area contributed by atoms with Crippen LogP contribution in [-0.2, 0) is 0 Å². The summed E-state index contributed by atoms with van der Waals surface area (Å²) in [6, 6.07) is 4.86. The molecule has 0 aliphatic carbocycles. The first kappa shape index (κ1) is 13.9. The minimum Gasteiger partial charge on any atom is -0.545 e. The summed E-state index contributed by atoms with van der Waals surface area (Å²) < 4.78 is 5.63. The van der Waals surface area contributed by atoms with Crippen molar-refractivity contribution in [2.24, 2.45) is 0 Å². The molecule has 0 heterocycles. The summed E-state index contributed by atoms with van der Waals surface area (Å²) >= 11 is 3.64. The predicted molar refractivity (Wildman–Crippen MR) is 58.1 cm³/mol. The molecule has 0 atom stereocenters. The molecule has 64 valence electrons. The van der Waals surface area contributed by atoms with Crippen molar-refractivity contribution in [1.82, 2.24) is 0 Å². The van der Waals surface area contributed by atoms with Crippen molar-refractivity contribution < 1.29 is 42.5 Å². The Kier molecular flexibility index (Phi) is 6.91. The Morgan fingerprint density at radius 1 is 1.46 bits per heavy atom. The molecule has 0 aliphatic rings. The largest absolute Gasteiger partial charge is 1.00 e. The zero-order valence-electron chi connectivity index (χ0n) is 6.71. The van der Waals surface area contributed by atoms with Crippen molar-refractivity contribution >= 4 is 51.6 Å². The Hall–Kier alpha value is 0.950. The van der Waals surface area contributed by atoms with Crippen LogP contribution >= 0.6 is 45.6 Å². The van der Waals surface area contributed by atoms with E-state index in [0.29, 0.717) is 5.75 Å². The fourth-order valence-corrected chi connectivity index (χ4v) is 2.25. The van der Waals surface area contributed by atoms with E-state index in [1.165, 1.54) is 6.07 Å². The summed E-state index contributed by atoms with van der Waals surface area (Å²) in [6.45, 7) is 0. The molecule has 1 aromatic rings. The summed E-state index contributed by atoms with van der Waals surface area (Å²) in [5, 5.41) is 10.5. The van der Waals surface area contributed by atoms with Gasteiger partial charge < -0.3 is 13.0 Å². The van der Waals surface area contributed by atoms with Gasteiger partial charge in [0.05, 0.1) is 9.54 Å². The number of carbonyl (C=O) groups is 1. The summed E-state index contributed by atoms with van der Waals surface area (Å²) in [4.78, 5) is 10.5. The first-order chi connectivity index (χ1) is 5.66. The van der Waals surface area contributed by atoms with E-state index in [1.807, 2.05) is 22.6 Å². The molecule has 0 saturated heterocycles. The van der Waals surface area contributed by atoms with E-state index in [9.17, 15) is 9.90 Å². The Labute approximate surface area is 125 Å². The quantitative estimate of drug-likeness (QED) is 0.434. The summed E-state index contributed by atoms with van der Waals surface area (Å²) in [6.07, 6.45) is 0.